The lowest BCUT2D eigenvalue weighted by Crippen LogP contribution is -3.02. The molecule has 3 N–H and O–H groups in total. The molecule has 1 aromatic carbocycles. The number of dihydropyridines is 1. The molecule has 0 aromatic heterocycles. The van der Waals surface area contributed by atoms with Crippen molar-refractivity contribution >= 4 is 5.57 Å². The Hall–Kier alpha value is -2.74. The van der Waals surface area contributed by atoms with Crippen molar-refractivity contribution in [3.05, 3.63) is 82.7 Å². The molecular weight excluding hydrogens is 340 g/mol. The maximum absolute atomic E-state index is 13.0. The van der Waals surface area contributed by atoms with E-state index in [1.54, 1.807) is 6.20 Å². The zero-order valence-electron chi connectivity index (χ0n) is 15.4. The molecule has 7 nitrogen and oxygen atoms in total. The summed E-state index contributed by atoms with van der Waals surface area (Å²) in [5, 5.41) is 19.8. The van der Waals surface area contributed by atoms with Gasteiger partial charge >= 0.3 is 0 Å². The number of likely N-dealkylation sites (N-methyl/N-ethyl adjacent to an activating group) is 1. The highest BCUT2D eigenvalue weighted by Crippen LogP contribution is 2.31. The lowest BCUT2D eigenvalue weighted by molar-refractivity contribution is -0.745. The summed E-state index contributed by atoms with van der Waals surface area (Å²) in [6.45, 7) is 4.77. The van der Waals surface area contributed by atoms with Gasteiger partial charge in [0.25, 0.3) is 0 Å². The van der Waals surface area contributed by atoms with Gasteiger partial charge in [-0.05, 0) is 12.6 Å². The first-order valence-corrected chi connectivity index (χ1v) is 9.42. The molecule has 0 bridgehead atoms. The predicted molar refractivity (Wildman–Crippen MR) is 104 cm³/mol. The second-order valence-electron chi connectivity index (χ2n) is 7.28. The minimum Gasteiger partial charge on any atom is -0.624 e. The number of fused-ring (bicyclic) bond motifs is 2. The normalized spacial score (nSPS) is 25.1. The Balaban J connectivity index is 1.48. The average Bonchev–Trinajstić information content (AvgIpc) is 3.13. The molecule has 1 aromatic rings. The van der Waals surface area contributed by atoms with Gasteiger partial charge in [0, 0.05) is 38.3 Å². The summed E-state index contributed by atoms with van der Waals surface area (Å²) in [5.74, 6) is 2.76. The molecule has 1 saturated heterocycles. The minimum absolute atomic E-state index is 0.0408. The van der Waals surface area contributed by atoms with Crippen LogP contribution < -0.4 is 15.7 Å². The number of nitrogens with one attached hydrogen (secondary N) is 3. The maximum Gasteiger partial charge on any atom is 0.184 e. The first-order chi connectivity index (χ1) is 13.2. The summed E-state index contributed by atoms with van der Waals surface area (Å²) in [6, 6.07) is 10.1. The number of hydroxylamine groups is 2. The second kappa shape index (κ2) is 6.45. The molecule has 7 heteroatoms. The molecule has 1 fully saturated rings. The first kappa shape index (κ1) is 16.4. The van der Waals surface area contributed by atoms with Crippen LogP contribution >= 0.6 is 0 Å². The lowest BCUT2D eigenvalue weighted by atomic mass is 9.99. The molecule has 0 radical (unpaired) electrons. The highest BCUT2D eigenvalue weighted by molar-refractivity contribution is 5.79. The number of rotatable bonds is 2. The smallest absolute Gasteiger partial charge is 0.184 e. The largest absolute Gasteiger partial charge is 0.624 e. The van der Waals surface area contributed by atoms with Gasteiger partial charge in [-0.25, -0.2) is 0 Å². The maximum atomic E-state index is 13.0. The van der Waals surface area contributed by atoms with Crippen molar-refractivity contribution in [2.24, 2.45) is 0 Å². The topological polar surface area (TPSA) is 61.3 Å². The molecule has 1 unspecified atom stereocenters. The molecule has 140 valence electrons. The SMILES string of the molecule is CN1CCN(C2=CN3C(=C[NH+]([O-])C4=C3NCC=C4c3ccccc3)N2)CC1. The third-order valence-electron chi connectivity index (χ3n) is 5.53. The van der Waals surface area contributed by atoms with Crippen molar-refractivity contribution < 1.29 is 5.06 Å². The van der Waals surface area contributed by atoms with Crippen LogP contribution in [0.15, 0.2) is 72.0 Å². The van der Waals surface area contributed by atoms with E-state index in [9.17, 15) is 5.21 Å². The molecule has 0 aliphatic carbocycles. The zero-order chi connectivity index (χ0) is 18.4. The molecular formula is C20H24N6O. The van der Waals surface area contributed by atoms with Crippen LogP contribution in [0.3, 0.4) is 0 Å². The zero-order valence-corrected chi connectivity index (χ0v) is 15.4. The Labute approximate surface area is 159 Å². The monoisotopic (exact) mass is 364 g/mol. The van der Waals surface area contributed by atoms with Crippen LogP contribution in [-0.2, 0) is 0 Å². The van der Waals surface area contributed by atoms with Crippen molar-refractivity contribution in [3.63, 3.8) is 0 Å². The van der Waals surface area contributed by atoms with Crippen LogP contribution in [0, 0.1) is 5.21 Å². The Kier molecular flexibility index (Phi) is 3.93. The van der Waals surface area contributed by atoms with Gasteiger partial charge in [0.05, 0.1) is 6.20 Å². The summed E-state index contributed by atoms with van der Waals surface area (Å²) >= 11 is 0. The van der Waals surface area contributed by atoms with Crippen LogP contribution in [0.5, 0.6) is 0 Å². The molecule has 4 aliphatic rings. The Bertz CT molecular complexity index is 864. The van der Waals surface area contributed by atoms with Crippen LogP contribution in [-0.4, -0.2) is 54.5 Å². The van der Waals surface area contributed by atoms with Crippen LogP contribution in [0.2, 0.25) is 0 Å². The van der Waals surface area contributed by atoms with E-state index < -0.39 is 0 Å². The summed E-state index contributed by atoms with van der Waals surface area (Å²) in [6.07, 6.45) is 5.92. The molecule has 4 aliphatic heterocycles. The molecule has 5 rings (SSSR count). The average molecular weight is 364 g/mol. The third-order valence-corrected chi connectivity index (χ3v) is 5.53. The molecule has 0 spiro atoms. The fourth-order valence-corrected chi connectivity index (χ4v) is 4.01. The number of benzene rings is 1. The lowest BCUT2D eigenvalue weighted by Gasteiger charge is -2.36. The van der Waals surface area contributed by atoms with Crippen molar-refractivity contribution in [2.45, 2.75) is 0 Å². The summed E-state index contributed by atoms with van der Waals surface area (Å²) in [4.78, 5) is 6.77. The number of hydrogen-bond donors (Lipinski definition) is 3. The number of allylic oxidation sites excluding steroid dienone is 1. The fourth-order valence-electron chi connectivity index (χ4n) is 4.01. The first-order valence-electron chi connectivity index (χ1n) is 9.42. The van der Waals surface area contributed by atoms with Gasteiger partial charge in [-0.15, -0.1) is 0 Å². The van der Waals surface area contributed by atoms with E-state index in [4.69, 9.17) is 0 Å². The Morgan fingerprint density at radius 2 is 1.81 bits per heavy atom. The number of hydrogen-bond acceptors (Lipinski definition) is 6. The molecule has 0 saturated carbocycles. The predicted octanol–water partition coefficient (Wildman–Crippen LogP) is -0.0110. The molecule has 27 heavy (non-hydrogen) atoms. The van der Waals surface area contributed by atoms with E-state index in [-0.39, 0.29) is 5.06 Å². The molecule has 0 amide bonds. The van der Waals surface area contributed by atoms with Gasteiger partial charge in [0.15, 0.2) is 17.3 Å². The van der Waals surface area contributed by atoms with E-state index in [2.05, 4.69) is 56.8 Å². The van der Waals surface area contributed by atoms with E-state index in [0.29, 0.717) is 6.54 Å². The van der Waals surface area contributed by atoms with Crippen molar-refractivity contribution in [2.75, 3.05) is 39.8 Å². The fraction of sp³-hybridized carbons (Fsp3) is 0.300. The Morgan fingerprint density at radius 3 is 2.59 bits per heavy atom. The standard InChI is InChI=1S/C20H24N6O/c1-23-9-11-24(12-10-23)17-13-25-18(22-17)14-26(27)19-16(7-8-21-20(19)25)15-5-3-2-4-6-15/h2-7,13-14,21-22,26H,8-12H2,1H3. The van der Waals surface area contributed by atoms with Crippen LogP contribution in [0.25, 0.3) is 5.57 Å². The van der Waals surface area contributed by atoms with E-state index >= 15 is 0 Å². The van der Waals surface area contributed by atoms with E-state index in [0.717, 1.165) is 60.5 Å². The number of nitrogens with zero attached hydrogens (tertiary/aromatic N) is 3. The Morgan fingerprint density at radius 1 is 1.04 bits per heavy atom. The van der Waals surface area contributed by atoms with Crippen LogP contribution in [0.4, 0.5) is 0 Å². The molecule has 1 atom stereocenters. The second-order valence-corrected chi connectivity index (χ2v) is 7.28. The van der Waals surface area contributed by atoms with Gasteiger partial charge in [-0.2, -0.15) is 0 Å². The van der Waals surface area contributed by atoms with E-state index in [1.807, 2.05) is 18.2 Å². The van der Waals surface area contributed by atoms with Crippen molar-refractivity contribution in [3.8, 4) is 0 Å². The summed E-state index contributed by atoms with van der Waals surface area (Å²) in [7, 11) is 2.15. The molecule has 4 heterocycles. The van der Waals surface area contributed by atoms with Crippen molar-refractivity contribution in [1.29, 1.82) is 0 Å². The quantitative estimate of drug-likeness (QED) is 0.642. The minimum atomic E-state index is 0.0408. The third kappa shape index (κ3) is 2.80. The highest BCUT2D eigenvalue weighted by Gasteiger charge is 2.36. The van der Waals surface area contributed by atoms with Gasteiger partial charge in [-0.3, -0.25) is 4.90 Å². The van der Waals surface area contributed by atoms with Crippen molar-refractivity contribution in [1.82, 2.24) is 25.3 Å². The number of piperazine rings is 1. The van der Waals surface area contributed by atoms with Gasteiger partial charge in [0.2, 0.25) is 0 Å². The van der Waals surface area contributed by atoms with Crippen LogP contribution in [0.1, 0.15) is 5.56 Å². The van der Waals surface area contributed by atoms with Gasteiger partial charge in [0.1, 0.15) is 12.0 Å². The summed E-state index contributed by atoms with van der Waals surface area (Å²) < 4.78 is 0. The van der Waals surface area contributed by atoms with Gasteiger partial charge < -0.3 is 30.7 Å². The highest BCUT2D eigenvalue weighted by atomic mass is 16.5. The van der Waals surface area contributed by atoms with E-state index in [1.165, 1.54) is 0 Å². The number of quaternary nitrogens is 1. The summed E-state index contributed by atoms with van der Waals surface area (Å²) in [5.41, 5.74) is 2.83. The van der Waals surface area contributed by atoms with Gasteiger partial charge in [-0.1, -0.05) is 36.4 Å².